The smallest absolute Gasteiger partial charge is 0.0468 e. The number of nitrogens with two attached hydrogens (primary N) is 1. The molecule has 0 spiro atoms. The predicted molar refractivity (Wildman–Crippen MR) is 78.2 cm³/mol. The fourth-order valence-electron chi connectivity index (χ4n) is 2.61. The van der Waals surface area contributed by atoms with Gasteiger partial charge in [-0.05, 0) is 63.0 Å². The van der Waals surface area contributed by atoms with Crippen LogP contribution in [0.1, 0.15) is 31.4 Å². The molecular formula is C14H20Cl2N2. The number of benzene rings is 1. The fourth-order valence-corrected chi connectivity index (χ4v) is 3.18. The molecule has 1 saturated heterocycles. The van der Waals surface area contributed by atoms with E-state index in [0.29, 0.717) is 17.0 Å². The second-order valence-corrected chi connectivity index (χ2v) is 5.90. The van der Waals surface area contributed by atoms with Crippen LogP contribution in [0.15, 0.2) is 18.2 Å². The molecule has 0 bridgehead atoms. The van der Waals surface area contributed by atoms with E-state index in [0.717, 1.165) is 30.2 Å². The van der Waals surface area contributed by atoms with E-state index in [1.165, 1.54) is 12.8 Å². The van der Waals surface area contributed by atoms with Crippen LogP contribution in [0.4, 0.5) is 0 Å². The Labute approximate surface area is 119 Å². The van der Waals surface area contributed by atoms with Crippen LogP contribution in [-0.4, -0.2) is 24.5 Å². The lowest BCUT2D eigenvalue weighted by molar-refractivity contribution is 0.143. The van der Waals surface area contributed by atoms with Crippen molar-refractivity contribution in [2.75, 3.05) is 19.6 Å². The second kappa shape index (κ2) is 6.25. The minimum atomic E-state index is 0.341. The van der Waals surface area contributed by atoms with Crippen LogP contribution in [-0.2, 0) is 0 Å². The van der Waals surface area contributed by atoms with Crippen molar-refractivity contribution in [3.05, 3.63) is 33.8 Å². The largest absolute Gasteiger partial charge is 0.330 e. The fraction of sp³-hybridized carbons (Fsp3) is 0.571. The van der Waals surface area contributed by atoms with Gasteiger partial charge < -0.3 is 5.73 Å². The number of hydrogen-bond acceptors (Lipinski definition) is 2. The Morgan fingerprint density at radius 1 is 1.33 bits per heavy atom. The second-order valence-electron chi connectivity index (χ2n) is 5.06. The number of likely N-dealkylation sites (tertiary alicyclic amines) is 1. The van der Waals surface area contributed by atoms with Crippen molar-refractivity contribution >= 4 is 23.2 Å². The quantitative estimate of drug-likeness (QED) is 0.918. The average molecular weight is 287 g/mol. The van der Waals surface area contributed by atoms with Gasteiger partial charge in [0, 0.05) is 16.1 Å². The van der Waals surface area contributed by atoms with E-state index in [-0.39, 0.29) is 0 Å². The molecule has 0 amide bonds. The van der Waals surface area contributed by atoms with Gasteiger partial charge in [-0.2, -0.15) is 0 Å². The summed E-state index contributed by atoms with van der Waals surface area (Å²) in [6.07, 6.45) is 2.37. The van der Waals surface area contributed by atoms with Crippen molar-refractivity contribution in [2.45, 2.75) is 25.8 Å². The van der Waals surface area contributed by atoms with Crippen LogP contribution in [0.25, 0.3) is 0 Å². The zero-order valence-electron chi connectivity index (χ0n) is 10.7. The summed E-state index contributed by atoms with van der Waals surface area (Å²) in [5.74, 6) is 0.689. The molecule has 1 atom stereocenters. The van der Waals surface area contributed by atoms with E-state index in [1.54, 1.807) is 0 Å². The molecule has 100 valence electrons. The summed E-state index contributed by atoms with van der Waals surface area (Å²) in [6, 6.07) is 6.10. The number of halogens is 2. The van der Waals surface area contributed by atoms with Crippen LogP contribution in [0.2, 0.25) is 10.0 Å². The van der Waals surface area contributed by atoms with Crippen molar-refractivity contribution in [3.63, 3.8) is 0 Å². The van der Waals surface area contributed by atoms with E-state index in [9.17, 15) is 0 Å². The molecular weight excluding hydrogens is 267 g/mol. The van der Waals surface area contributed by atoms with Crippen LogP contribution in [0, 0.1) is 5.92 Å². The Kier molecular flexibility index (Phi) is 4.91. The molecule has 0 aromatic heterocycles. The molecule has 2 nitrogen and oxygen atoms in total. The van der Waals surface area contributed by atoms with Crippen molar-refractivity contribution in [1.29, 1.82) is 0 Å². The van der Waals surface area contributed by atoms with Crippen LogP contribution in [0.3, 0.4) is 0 Å². The maximum absolute atomic E-state index is 6.27. The highest BCUT2D eigenvalue weighted by atomic mass is 35.5. The van der Waals surface area contributed by atoms with Gasteiger partial charge in [0.1, 0.15) is 0 Å². The predicted octanol–water partition coefficient (Wildman–Crippen LogP) is 3.73. The first kappa shape index (κ1) is 14.1. The third kappa shape index (κ3) is 3.18. The van der Waals surface area contributed by atoms with Crippen molar-refractivity contribution in [3.8, 4) is 0 Å². The topological polar surface area (TPSA) is 29.3 Å². The van der Waals surface area contributed by atoms with E-state index in [4.69, 9.17) is 28.9 Å². The molecule has 4 heteroatoms. The molecule has 2 N–H and O–H groups in total. The van der Waals surface area contributed by atoms with Crippen LogP contribution >= 0.6 is 23.2 Å². The lowest BCUT2D eigenvalue weighted by Gasteiger charge is -2.36. The van der Waals surface area contributed by atoms with Gasteiger partial charge in [-0.15, -0.1) is 0 Å². The highest BCUT2D eigenvalue weighted by molar-refractivity contribution is 6.35. The number of nitrogens with zero attached hydrogens (tertiary/aromatic N) is 1. The van der Waals surface area contributed by atoms with Gasteiger partial charge >= 0.3 is 0 Å². The highest BCUT2D eigenvalue weighted by Gasteiger charge is 2.23. The lowest BCUT2D eigenvalue weighted by atomic mass is 9.95. The molecule has 1 aliphatic rings. The molecule has 1 aromatic rings. The molecule has 1 aliphatic heterocycles. The maximum Gasteiger partial charge on any atom is 0.0468 e. The Hall–Kier alpha value is -0.280. The first-order chi connectivity index (χ1) is 8.61. The molecule has 1 unspecified atom stereocenters. The molecule has 0 radical (unpaired) electrons. The summed E-state index contributed by atoms with van der Waals surface area (Å²) in [7, 11) is 0. The number of rotatable bonds is 3. The first-order valence-electron chi connectivity index (χ1n) is 6.51. The Morgan fingerprint density at radius 3 is 2.56 bits per heavy atom. The van der Waals surface area contributed by atoms with Crippen molar-refractivity contribution in [1.82, 2.24) is 4.90 Å². The average Bonchev–Trinajstić information content (AvgIpc) is 2.38. The molecule has 2 rings (SSSR count). The lowest BCUT2D eigenvalue weighted by Crippen LogP contribution is -2.37. The molecule has 18 heavy (non-hydrogen) atoms. The highest BCUT2D eigenvalue weighted by Crippen LogP contribution is 2.31. The van der Waals surface area contributed by atoms with Gasteiger partial charge in [-0.1, -0.05) is 29.3 Å². The number of hydrogen-bond donors (Lipinski definition) is 1. The summed E-state index contributed by atoms with van der Waals surface area (Å²) < 4.78 is 0. The molecule has 1 aromatic carbocycles. The van der Waals surface area contributed by atoms with Crippen LogP contribution in [0.5, 0.6) is 0 Å². The van der Waals surface area contributed by atoms with Crippen LogP contribution < -0.4 is 5.73 Å². The van der Waals surface area contributed by atoms with E-state index in [2.05, 4.69) is 11.8 Å². The summed E-state index contributed by atoms with van der Waals surface area (Å²) in [6.45, 7) is 5.21. The zero-order chi connectivity index (χ0) is 13.1. The normalized spacial score (nSPS) is 20.0. The monoisotopic (exact) mass is 286 g/mol. The Bertz CT molecular complexity index is 401. The zero-order valence-corrected chi connectivity index (χ0v) is 12.2. The van der Waals surface area contributed by atoms with Gasteiger partial charge in [0.15, 0.2) is 0 Å². The third-order valence-corrected chi connectivity index (χ3v) is 4.51. The molecule has 1 fully saturated rings. The maximum atomic E-state index is 6.27. The van der Waals surface area contributed by atoms with Gasteiger partial charge in [0.05, 0.1) is 0 Å². The van der Waals surface area contributed by atoms with Crippen molar-refractivity contribution < 1.29 is 0 Å². The summed E-state index contributed by atoms with van der Waals surface area (Å²) in [4.78, 5) is 2.47. The summed E-state index contributed by atoms with van der Waals surface area (Å²) in [5.41, 5.74) is 6.88. The molecule has 1 heterocycles. The standard InChI is InChI=1S/C14H20Cl2N2/c1-10(13-3-2-12(15)8-14(13)16)18-6-4-11(9-17)5-7-18/h2-3,8,10-11H,4-7,9,17H2,1H3. The van der Waals surface area contributed by atoms with E-state index >= 15 is 0 Å². The summed E-state index contributed by atoms with van der Waals surface area (Å²) >= 11 is 12.2. The SMILES string of the molecule is CC(c1ccc(Cl)cc1Cl)N1CCC(CN)CC1. The Balaban J connectivity index is 2.05. The van der Waals surface area contributed by atoms with Gasteiger partial charge in [0.25, 0.3) is 0 Å². The molecule has 0 saturated carbocycles. The van der Waals surface area contributed by atoms with Crippen molar-refractivity contribution in [2.24, 2.45) is 11.7 Å². The Morgan fingerprint density at radius 2 is 2.00 bits per heavy atom. The summed E-state index contributed by atoms with van der Waals surface area (Å²) in [5, 5.41) is 1.45. The van der Waals surface area contributed by atoms with Gasteiger partial charge in [0.2, 0.25) is 0 Å². The third-order valence-electron chi connectivity index (χ3n) is 3.94. The first-order valence-corrected chi connectivity index (χ1v) is 7.26. The minimum Gasteiger partial charge on any atom is -0.330 e. The van der Waals surface area contributed by atoms with Gasteiger partial charge in [-0.3, -0.25) is 4.90 Å². The number of piperidine rings is 1. The van der Waals surface area contributed by atoms with Gasteiger partial charge in [-0.25, -0.2) is 0 Å². The van der Waals surface area contributed by atoms with E-state index in [1.807, 2.05) is 18.2 Å². The minimum absolute atomic E-state index is 0.341. The molecule has 0 aliphatic carbocycles. The van der Waals surface area contributed by atoms with E-state index < -0.39 is 0 Å².